The van der Waals surface area contributed by atoms with Gasteiger partial charge in [0.15, 0.2) is 5.75 Å². The smallest absolute Gasteiger partial charge is 0.340 e. The first-order valence-electron chi connectivity index (χ1n) is 10.1. The van der Waals surface area contributed by atoms with Crippen LogP contribution in [0.4, 0.5) is 0 Å². The number of benzene rings is 2. The number of fused-ring (bicyclic) bond motifs is 1. The van der Waals surface area contributed by atoms with Gasteiger partial charge < -0.3 is 15.1 Å². The first-order chi connectivity index (χ1) is 14.2. The molecule has 0 saturated carbocycles. The molecule has 2 N–H and O–H groups in total. The number of halogens is 1. The second kappa shape index (κ2) is 10.4. The van der Waals surface area contributed by atoms with Crippen LogP contribution in [0.25, 0.3) is 22.2 Å². The van der Waals surface area contributed by atoms with E-state index in [1.807, 2.05) is 19.9 Å². The summed E-state index contributed by atoms with van der Waals surface area (Å²) in [7, 11) is 0. The van der Waals surface area contributed by atoms with Crippen molar-refractivity contribution in [2.75, 3.05) is 19.6 Å². The fraction of sp³-hybridized carbons (Fsp3) is 0.333. The summed E-state index contributed by atoms with van der Waals surface area (Å²) >= 11 is 5.88. The van der Waals surface area contributed by atoms with Crippen LogP contribution in [0.1, 0.15) is 42.3 Å². The van der Waals surface area contributed by atoms with Gasteiger partial charge >= 0.3 is 5.97 Å². The maximum Gasteiger partial charge on any atom is 0.340 e. The third kappa shape index (κ3) is 5.10. The molecule has 0 bridgehead atoms. The highest BCUT2D eigenvalue weighted by molar-refractivity contribution is 6.30. The fourth-order valence-electron chi connectivity index (χ4n) is 3.25. The van der Waals surface area contributed by atoms with E-state index in [1.54, 1.807) is 30.3 Å². The van der Waals surface area contributed by atoms with Crippen LogP contribution < -0.4 is 0 Å². The number of hydrogen-bond donors (Lipinski definition) is 2. The van der Waals surface area contributed by atoms with E-state index in [2.05, 4.69) is 30.7 Å². The van der Waals surface area contributed by atoms with Gasteiger partial charge in [0.25, 0.3) is 0 Å². The highest BCUT2D eigenvalue weighted by Crippen LogP contribution is 2.37. The van der Waals surface area contributed by atoms with E-state index < -0.39 is 5.97 Å². The molecule has 0 radical (unpaired) electrons. The third-order valence-corrected chi connectivity index (χ3v) is 5.58. The molecule has 0 aliphatic carbocycles. The average molecular weight is 429 g/mol. The number of aromatic carboxylic acids is 1. The highest BCUT2D eigenvalue weighted by Gasteiger charge is 2.22. The molecular weight excluding hydrogens is 400 g/mol. The van der Waals surface area contributed by atoms with Crippen molar-refractivity contribution in [3.8, 4) is 17.0 Å². The minimum Gasteiger partial charge on any atom is -0.505 e. The summed E-state index contributed by atoms with van der Waals surface area (Å²) in [4.78, 5) is 18.6. The molecule has 0 atom stereocenters. The van der Waals surface area contributed by atoms with E-state index in [0.717, 1.165) is 11.1 Å². The van der Waals surface area contributed by atoms with Gasteiger partial charge in [-0.1, -0.05) is 56.6 Å². The number of rotatable bonds is 5. The van der Waals surface area contributed by atoms with E-state index in [-0.39, 0.29) is 17.0 Å². The second-order valence-electron chi connectivity index (χ2n) is 7.02. The maximum atomic E-state index is 11.7. The molecule has 0 aliphatic rings. The van der Waals surface area contributed by atoms with E-state index in [9.17, 15) is 15.0 Å². The lowest BCUT2D eigenvalue weighted by Crippen LogP contribution is -2.21. The first-order valence-corrected chi connectivity index (χ1v) is 10.5. The zero-order chi connectivity index (χ0) is 22.4. The molecule has 3 aromatic rings. The van der Waals surface area contributed by atoms with Gasteiger partial charge in [0.1, 0.15) is 11.3 Å². The van der Waals surface area contributed by atoms with Crippen molar-refractivity contribution < 1.29 is 15.0 Å². The summed E-state index contributed by atoms with van der Waals surface area (Å²) in [6, 6.07) is 10.3. The standard InChI is InChI=1S/C18H14ClNO3.C6H15N/c1-9-3-8-13-14(18(22)23)17(21)16(20-15(13)10(9)2)11-4-6-12(19)7-5-11;1-4-7(5-2)6-3/h3-8,21H,1-2H3,(H,22,23);4-6H2,1-3H3. The molecule has 1 heterocycles. The normalized spacial score (nSPS) is 10.8. The first kappa shape index (κ1) is 23.6. The topological polar surface area (TPSA) is 73.7 Å². The van der Waals surface area contributed by atoms with Gasteiger partial charge in [-0.25, -0.2) is 9.78 Å². The fourth-order valence-corrected chi connectivity index (χ4v) is 3.38. The molecule has 5 nitrogen and oxygen atoms in total. The summed E-state index contributed by atoms with van der Waals surface area (Å²) in [5.41, 5.74) is 3.18. The predicted molar refractivity (Wildman–Crippen MR) is 124 cm³/mol. The molecule has 0 unspecified atom stereocenters. The molecule has 6 heteroatoms. The third-order valence-electron chi connectivity index (χ3n) is 5.33. The van der Waals surface area contributed by atoms with Crippen LogP contribution >= 0.6 is 11.6 Å². The summed E-state index contributed by atoms with van der Waals surface area (Å²) < 4.78 is 0. The molecule has 0 fully saturated rings. The van der Waals surface area contributed by atoms with Gasteiger partial charge in [-0.05, 0) is 56.7 Å². The summed E-state index contributed by atoms with van der Waals surface area (Å²) in [5.74, 6) is -1.52. The monoisotopic (exact) mass is 428 g/mol. The van der Waals surface area contributed by atoms with E-state index in [0.29, 0.717) is 21.5 Å². The molecule has 0 amide bonds. The van der Waals surface area contributed by atoms with Crippen LogP contribution in [0.3, 0.4) is 0 Å². The largest absolute Gasteiger partial charge is 0.505 e. The number of carboxylic acids is 1. The number of aromatic nitrogens is 1. The Kier molecular flexibility index (Phi) is 8.21. The van der Waals surface area contributed by atoms with Gasteiger partial charge in [0, 0.05) is 16.0 Å². The predicted octanol–water partition coefficient (Wildman–Crippen LogP) is 5.92. The lowest BCUT2D eigenvalue weighted by Gasteiger charge is -2.13. The molecule has 0 spiro atoms. The van der Waals surface area contributed by atoms with Crippen molar-refractivity contribution in [1.82, 2.24) is 9.88 Å². The number of hydrogen-bond acceptors (Lipinski definition) is 4. The molecule has 0 aliphatic heterocycles. The second-order valence-corrected chi connectivity index (χ2v) is 7.46. The Bertz CT molecular complexity index is 1020. The number of aryl methyl sites for hydroxylation is 2. The number of pyridine rings is 1. The Morgan fingerprint density at radius 3 is 2.03 bits per heavy atom. The Morgan fingerprint density at radius 2 is 1.57 bits per heavy atom. The van der Waals surface area contributed by atoms with Gasteiger partial charge in [-0.3, -0.25) is 0 Å². The minimum atomic E-state index is -1.19. The van der Waals surface area contributed by atoms with Crippen LogP contribution in [0.5, 0.6) is 5.75 Å². The summed E-state index contributed by atoms with van der Waals surface area (Å²) in [6.45, 7) is 13.9. The molecule has 30 heavy (non-hydrogen) atoms. The Hall–Kier alpha value is -2.63. The SMILES string of the molecule is CCN(CC)CC.Cc1ccc2c(C(=O)O)c(O)c(-c3ccc(Cl)cc3)nc2c1C. The lowest BCUT2D eigenvalue weighted by atomic mass is 9.98. The number of carbonyl (C=O) groups is 1. The van der Waals surface area contributed by atoms with Gasteiger partial charge in [0.2, 0.25) is 0 Å². The van der Waals surface area contributed by atoms with Crippen molar-refractivity contribution in [3.05, 3.63) is 58.1 Å². The number of carboxylic acid groups (broad SMARTS) is 1. The van der Waals surface area contributed by atoms with Crippen LogP contribution in [-0.2, 0) is 0 Å². The molecule has 3 rings (SSSR count). The van der Waals surface area contributed by atoms with E-state index >= 15 is 0 Å². The van der Waals surface area contributed by atoms with E-state index in [4.69, 9.17) is 11.6 Å². The van der Waals surface area contributed by atoms with Crippen molar-refractivity contribution in [2.45, 2.75) is 34.6 Å². The lowest BCUT2D eigenvalue weighted by molar-refractivity contribution is 0.0696. The van der Waals surface area contributed by atoms with Crippen molar-refractivity contribution in [1.29, 1.82) is 0 Å². The van der Waals surface area contributed by atoms with Crippen molar-refractivity contribution in [2.24, 2.45) is 0 Å². The van der Waals surface area contributed by atoms with Gasteiger partial charge in [0.05, 0.1) is 5.52 Å². The van der Waals surface area contributed by atoms with Crippen LogP contribution in [-0.4, -0.2) is 45.7 Å². The highest BCUT2D eigenvalue weighted by atomic mass is 35.5. The summed E-state index contributed by atoms with van der Waals surface area (Å²) in [6.07, 6.45) is 0. The Labute approximate surface area is 182 Å². The van der Waals surface area contributed by atoms with Gasteiger partial charge in [-0.2, -0.15) is 0 Å². The maximum absolute atomic E-state index is 11.7. The zero-order valence-corrected chi connectivity index (χ0v) is 18.9. The van der Waals surface area contributed by atoms with Crippen molar-refractivity contribution >= 4 is 28.5 Å². The molecule has 160 valence electrons. The molecule has 2 aromatic carbocycles. The Balaban J connectivity index is 0.000000396. The quantitative estimate of drug-likeness (QED) is 0.527. The minimum absolute atomic E-state index is 0.136. The van der Waals surface area contributed by atoms with E-state index in [1.165, 1.54) is 19.6 Å². The average Bonchev–Trinajstić information content (AvgIpc) is 2.73. The van der Waals surface area contributed by atoms with Crippen LogP contribution in [0.15, 0.2) is 36.4 Å². The summed E-state index contributed by atoms with van der Waals surface area (Å²) in [5, 5.41) is 21.0. The Morgan fingerprint density at radius 1 is 1.00 bits per heavy atom. The van der Waals surface area contributed by atoms with Gasteiger partial charge in [-0.15, -0.1) is 0 Å². The number of aromatic hydroxyl groups is 1. The molecule has 1 aromatic heterocycles. The zero-order valence-electron chi connectivity index (χ0n) is 18.2. The molecular formula is C24H29ClN2O3. The van der Waals surface area contributed by atoms with Crippen molar-refractivity contribution in [3.63, 3.8) is 0 Å². The van der Waals surface area contributed by atoms with Crippen LogP contribution in [0.2, 0.25) is 5.02 Å². The van der Waals surface area contributed by atoms with Crippen LogP contribution in [0, 0.1) is 13.8 Å². The number of nitrogens with zero attached hydrogens (tertiary/aromatic N) is 2. The molecule has 0 saturated heterocycles.